The highest BCUT2D eigenvalue weighted by atomic mass is 32.2. The van der Waals surface area contributed by atoms with Crippen LogP contribution in [-0.2, 0) is 4.79 Å². The van der Waals surface area contributed by atoms with Crippen LogP contribution < -0.4 is 10.1 Å². The zero-order valence-electron chi connectivity index (χ0n) is 14.8. The van der Waals surface area contributed by atoms with Gasteiger partial charge in [-0.05, 0) is 30.2 Å². The monoisotopic (exact) mass is 397 g/mol. The Balaban J connectivity index is 1.42. The Labute approximate surface area is 166 Å². The molecule has 3 rings (SSSR count). The van der Waals surface area contributed by atoms with Crippen molar-refractivity contribution in [3.8, 4) is 5.75 Å². The van der Waals surface area contributed by atoms with E-state index in [0.717, 1.165) is 21.2 Å². The lowest BCUT2D eigenvalue weighted by molar-refractivity contribution is -0.118. The fourth-order valence-corrected chi connectivity index (χ4v) is 3.80. The van der Waals surface area contributed by atoms with Gasteiger partial charge in [-0.1, -0.05) is 77.7 Å². The van der Waals surface area contributed by atoms with E-state index in [0.29, 0.717) is 10.9 Å². The fraction of sp³-hybridized carbons (Fsp3) is 0.150. The number of anilines is 1. The second-order valence-corrected chi connectivity index (χ2v) is 7.90. The number of carbonyl (C=O) groups is 1. The first kappa shape index (κ1) is 19.1. The number of hydrogen-bond acceptors (Lipinski definition) is 6. The highest BCUT2D eigenvalue weighted by Gasteiger charge is 2.09. The Hall–Kier alpha value is -2.64. The Morgan fingerprint density at radius 3 is 2.85 bits per heavy atom. The molecule has 0 saturated heterocycles. The SMILES string of the molecule is Cc1cccc(OCC(=O)Nc2nnc(SC/C=C/c3ccccc3)s2)c1. The van der Waals surface area contributed by atoms with E-state index in [1.54, 1.807) is 11.8 Å². The summed E-state index contributed by atoms with van der Waals surface area (Å²) in [4.78, 5) is 12.0. The van der Waals surface area contributed by atoms with Crippen LogP contribution in [-0.4, -0.2) is 28.5 Å². The quantitative estimate of drug-likeness (QED) is 0.442. The molecule has 0 aliphatic heterocycles. The van der Waals surface area contributed by atoms with Crippen molar-refractivity contribution < 1.29 is 9.53 Å². The van der Waals surface area contributed by atoms with Crippen LogP contribution in [0.5, 0.6) is 5.75 Å². The summed E-state index contributed by atoms with van der Waals surface area (Å²) >= 11 is 2.93. The molecule has 5 nitrogen and oxygen atoms in total. The van der Waals surface area contributed by atoms with Gasteiger partial charge in [0.2, 0.25) is 5.13 Å². The van der Waals surface area contributed by atoms with Gasteiger partial charge in [0.05, 0.1) is 0 Å². The summed E-state index contributed by atoms with van der Waals surface area (Å²) in [5.41, 5.74) is 2.25. The van der Waals surface area contributed by atoms with Gasteiger partial charge in [-0.25, -0.2) is 0 Å². The summed E-state index contributed by atoms with van der Waals surface area (Å²) in [6, 6.07) is 17.7. The number of aryl methyl sites for hydroxylation is 1. The summed E-state index contributed by atoms with van der Waals surface area (Å²) < 4.78 is 6.29. The summed E-state index contributed by atoms with van der Waals surface area (Å²) in [7, 11) is 0. The number of benzene rings is 2. The molecule has 0 saturated carbocycles. The first-order valence-electron chi connectivity index (χ1n) is 8.36. The highest BCUT2D eigenvalue weighted by Crippen LogP contribution is 2.25. The number of carbonyl (C=O) groups excluding carboxylic acids is 1. The predicted molar refractivity (Wildman–Crippen MR) is 111 cm³/mol. The van der Waals surface area contributed by atoms with Gasteiger partial charge in [0.15, 0.2) is 10.9 Å². The Morgan fingerprint density at radius 1 is 1.19 bits per heavy atom. The van der Waals surface area contributed by atoms with Crippen LogP contribution in [0.2, 0.25) is 0 Å². The molecule has 3 aromatic rings. The number of hydrogen-bond donors (Lipinski definition) is 1. The lowest BCUT2D eigenvalue weighted by atomic mass is 10.2. The Kier molecular flexibility index (Phi) is 7.01. The molecule has 0 aliphatic carbocycles. The molecule has 27 heavy (non-hydrogen) atoms. The van der Waals surface area contributed by atoms with Gasteiger partial charge >= 0.3 is 0 Å². The number of ether oxygens (including phenoxy) is 1. The maximum Gasteiger partial charge on any atom is 0.264 e. The lowest BCUT2D eigenvalue weighted by Crippen LogP contribution is -2.20. The number of thioether (sulfide) groups is 1. The third-order valence-electron chi connectivity index (χ3n) is 3.43. The molecule has 0 radical (unpaired) electrons. The van der Waals surface area contributed by atoms with Crippen LogP contribution in [0, 0.1) is 6.92 Å². The third kappa shape index (κ3) is 6.54. The van der Waals surface area contributed by atoms with Crippen molar-refractivity contribution >= 4 is 40.2 Å². The number of aromatic nitrogens is 2. The van der Waals surface area contributed by atoms with Crippen molar-refractivity contribution in [1.29, 1.82) is 0 Å². The third-order valence-corrected chi connectivity index (χ3v) is 5.35. The molecule has 0 unspecified atom stereocenters. The normalized spacial score (nSPS) is 10.9. The molecular weight excluding hydrogens is 378 g/mol. The average molecular weight is 398 g/mol. The number of nitrogens with one attached hydrogen (secondary N) is 1. The molecule has 1 aromatic heterocycles. The smallest absolute Gasteiger partial charge is 0.264 e. The number of rotatable bonds is 8. The standard InChI is InChI=1S/C20H19N3O2S2/c1-15-7-5-11-17(13-15)25-14-18(24)21-19-22-23-20(27-19)26-12-6-10-16-8-3-2-4-9-16/h2-11,13H,12,14H2,1H3,(H,21,22,24)/b10-6+. The van der Waals surface area contributed by atoms with Gasteiger partial charge in [0.25, 0.3) is 5.91 Å². The number of amides is 1. The van der Waals surface area contributed by atoms with Crippen molar-refractivity contribution in [2.75, 3.05) is 17.7 Å². The fourth-order valence-electron chi connectivity index (χ4n) is 2.20. The van der Waals surface area contributed by atoms with Gasteiger partial charge in [-0.2, -0.15) is 0 Å². The molecule has 0 aliphatic rings. The van der Waals surface area contributed by atoms with E-state index >= 15 is 0 Å². The Morgan fingerprint density at radius 2 is 2.04 bits per heavy atom. The molecule has 0 atom stereocenters. The molecule has 2 aromatic carbocycles. The van der Waals surface area contributed by atoms with Crippen LogP contribution >= 0.6 is 23.1 Å². The summed E-state index contributed by atoms with van der Waals surface area (Å²) in [6.45, 7) is 1.91. The van der Waals surface area contributed by atoms with E-state index in [2.05, 4.69) is 39.8 Å². The van der Waals surface area contributed by atoms with E-state index in [9.17, 15) is 4.79 Å². The summed E-state index contributed by atoms with van der Waals surface area (Å²) in [5, 5.41) is 11.3. The minimum absolute atomic E-state index is 0.0642. The lowest BCUT2D eigenvalue weighted by Gasteiger charge is -2.05. The van der Waals surface area contributed by atoms with Crippen LogP contribution in [0.3, 0.4) is 0 Å². The van der Waals surface area contributed by atoms with Crippen molar-refractivity contribution in [3.05, 3.63) is 71.8 Å². The molecule has 1 amide bonds. The highest BCUT2D eigenvalue weighted by molar-refractivity contribution is 8.01. The molecule has 0 fully saturated rings. The minimum Gasteiger partial charge on any atom is -0.484 e. The van der Waals surface area contributed by atoms with Gasteiger partial charge in [0.1, 0.15) is 5.75 Å². The van der Waals surface area contributed by atoms with Crippen molar-refractivity contribution in [1.82, 2.24) is 10.2 Å². The largest absolute Gasteiger partial charge is 0.484 e. The maximum absolute atomic E-state index is 12.0. The summed E-state index contributed by atoms with van der Waals surface area (Å²) in [5.74, 6) is 1.20. The van der Waals surface area contributed by atoms with E-state index in [1.165, 1.54) is 11.3 Å². The second kappa shape index (κ2) is 9.89. The zero-order valence-corrected chi connectivity index (χ0v) is 16.4. The molecule has 138 valence electrons. The predicted octanol–water partition coefficient (Wildman–Crippen LogP) is 4.67. The van der Waals surface area contributed by atoms with E-state index < -0.39 is 0 Å². The molecular formula is C20H19N3O2S2. The number of nitrogens with zero attached hydrogens (tertiary/aromatic N) is 2. The van der Waals surface area contributed by atoms with Gasteiger partial charge in [0, 0.05) is 5.75 Å². The van der Waals surface area contributed by atoms with Crippen molar-refractivity contribution in [3.63, 3.8) is 0 Å². The average Bonchev–Trinajstić information content (AvgIpc) is 3.12. The zero-order chi connectivity index (χ0) is 18.9. The van der Waals surface area contributed by atoms with Crippen molar-refractivity contribution in [2.24, 2.45) is 0 Å². The minimum atomic E-state index is -0.256. The van der Waals surface area contributed by atoms with Gasteiger partial charge in [-0.15, -0.1) is 10.2 Å². The maximum atomic E-state index is 12.0. The molecule has 1 N–H and O–H groups in total. The van der Waals surface area contributed by atoms with Crippen LogP contribution in [0.15, 0.2) is 65.0 Å². The van der Waals surface area contributed by atoms with Gasteiger partial charge in [-0.3, -0.25) is 10.1 Å². The molecule has 7 heteroatoms. The van der Waals surface area contributed by atoms with Crippen LogP contribution in [0.25, 0.3) is 6.08 Å². The molecule has 0 spiro atoms. The van der Waals surface area contributed by atoms with Crippen LogP contribution in [0.4, 0.5) is 5.13 Å². The molecule has 1 heterocycles. The van der Waals surface area contributed by atoms with E-state index in [-0.39, 0.29) is 12.5 Å². The van der Waals surface area contributed by atoms with Gasteiger partial charge < -0.3 is 4.74 Å². The Bertz CT molecular complexity index is 910. The topological polar surface area (TPSA) is 64.1 Å². The summed E-state index contributed by atoms with van der Waals surface area (Å²) in [6.07, 6.45) is 4.15. The second-order valence-electron chi connectivity index (χ2n) is 5.65. The first-order valence-corrected chi connectivity index (χ1v) is 10.2. The van der Waals surface area contributed by atoms with Crippen molar-refractivity contribution in [2.45, 2.75) is 11.3 Å². The van der Waals surface area contributed by atoms with E-state index in [1.807, 2.05) is 49.4 Å². The van der Waals surface area contributed by atoms with E-state index in [4.69, 9.17) is 4.74 Å². The first-order chi connectivity index (χ1) is 13.2. The van der Waals surface area contributed by atoms with Crippen LogP contribution in [0.1, 0.15) is 11.1 Å². The molecule has 0 bridgehead atoms.